The lowest BCUT2D eigenvalue weighted by Crippen LogP contribution is -2.33. The number of rotatable bonds is 6. The lowest BCUT2D eigenvalue weighted by atomic mass is 10.1. The van der Waals surface area contributed by atoms with Gasteiger partial charge in [0.2, 0.25) is 10.0 Å². The number of nitrogens with two attached hydrogens (primary N) is 2. The predicted octanol–water partition coefficient (Wildman–Crippen LogP) is 1.79. The Balaban J connectivity index is 2.19. The van der Waals surface area contributed by atoms with Crippen molar-refractivity contribution in [1.82, 2.24) is 9.55 Å². The number of hydrogen-bond donors (Lipinski definition) is 3. The molecule has 0 amide bonds. The molecule has 156 valence electrons. The molecule has 0 radical (unpaired) electrons. The molecular formula is C20H21N5O3S2. The monoisotopic (exact) mass is 443 g/mol. The Kier molecular flexibility index (Phi) is 6.11. The summed E-state index contributed by atoms with van der Waals surface area (Å²) in [6.45, 7) is 1.94. The Morgan fingerprint density at radius 3 is 2.23 bits per heavy atom. The molecule has 8 nitrogen and oxygen atoms in total. The van der Waals surface area contributed by atoms with Gasteiger partial charge in [-0.2, -0.15) is 0 Å². The molecule has 0 aliphatic rings. The summed E-state index contributed by atoms with van der Waals surface area (Å²) in [6, 6.07) is 13.4. The Morgan fingerprint density at radius 1 is 1.13 bits per heavy atom. The van der Waals surface area contributed by atoms with Gasteiger partial charge in [0.25, 0.3) is 5.56 Å². The largest absolute Gasteiger partial charge is 0.383 e. The van der Waals surface area contributed by atoms with Crippen LogP contribution in [-0.4, -0.2) is 30.1 Å². The van der Waals surface area contributed by atoms with Crippen molar-refractivity contribution in [1.29, 1.82) is 5.41 Å². The van der Waals surface area contributed by atoms with E-state index < -0.39 is 15.6 Å². The molecule has 10 heteroatoms. The zero-order valence-electron chi connectivity index (χ0n) is 16.4. The second-order valence-corrected chi connectivity index (χ2v) is 9.02. The minimum Gasteiger partial charge on any atom is -0.383 e. The average Bonchev–Trinajstić information content (AvgIpc) is 2.68. The summed E-state index contributed by atoms with van der Waals surface area (Å²) >= 11 is 1.23. The molecule has 1 heterocycles. The SMILES string of the molecule is CSc1nc(Cc2ccc(S(N)(=O)=O)cc2)n(-c2ccc(C)cc2)c(=O)c1C(=N)N. The molecule has 0 aliphatic carbocycles. The molecule has 0 saturated heterocycles. The highest BCUT2D eigenvalue weighted by Gasteiger charge is 2.20. The van der Waals surface area contributed by atoms with Crippen LogP contribution < -0.4 is 16.4 Å². The van der Waals surface area contributed by atoms with E-state index in [9.17, 15) is 13.2 Å². The van der Waals surface area contributed by atoms with E-state index in [1.165, 1.54) is 28.5 Å². The predicted molar refractivity (Wildman–Crippen MR) is 118 cm³/mol. The molecule has 3 aromatic rings. The zero-order chi connectivity index (χ0) is 22.1. The van der Waals surface area contributed by atoms with Gasteiger partial charge in [-0.1, -0.05) is 29.8 Å². The third kappa shape index (κ3) is 4.45. The summed E-state index contributed by atoms with van der Waals surface area (Å²) in [4.78, 5) is 17.9. The number of aryl methyl sites for hydroxylation is 1. The number of nitrogens with zero attached hydrogens (tertiary/aromatic N) is 2. The zero-order valence-corrected chi connectivity index (χ0v) is 18.0. The Bertz CT molecular complexity index is 1270. The average molecular weight is 444 g/mol. The number of aromatic nitrogens is 2. The fourth-order valence-corrected chi connectivity index (χ4v) is 4.09. The van der Waals surface area contributed by atoms with E-state index in [0.29, 0.717) is 16.5 Å². The number of thioether (sulfide) groups is 1. The Hall–Kier alpha value is -2.95. The van der Waals surface area contributed by atoms with Gasteiger partial charge < -0.3 is 5.73 Å². The quantitative estimate of drug-likeness (QED) is 0.229. The van der Waals surface area contributed by atoms with Gasteiger partial charge in [-0.15, -0.1) is 11.8 Å². The van der Waals surface area contributed by atoms with Crippen LogP contribution in [0.4, 0.5) is 0 Å². The summed E-state index contributed by atoms with van der Waals surface area (Å²) < 4.78 is 24.4. The molecule has 0 atom stereocenters. The van der Waals surface area contributed by atoms with Crippen LogP contribution in [0.15, 0.2) is 63.2 Å². The van der Waals surface area contributed by atoms with E-state index in [0.717, 1.165) is 11.1 Å². The van der Waals surface area contributed by atoms with Crippen molar-refractivity contribution in [3.05, 3.63) is 81.4 Å². The van der Waals surface area contributed by atoms with Crippen LogP contribution in [0.3, 0.4) is 0 Å². The van der Waals surface area contributed by atoms with Crippen molar-refractivity contribution in [2.45, 2.75) is 23.3 Å². The van der Waals surface area contributed by atoms with E-state index in [4.69, 9.17) is 16.3 Å². The van der Waals surface area contributed by atoms with Crippen LogP contribution in [-0.2, 0) is 16.4 Å². The van der Waals surface area contributed by atoms with Gasteiger partial charge in [-0.05, 0) is 43.0 Å². The number of amidine groups is 1. The molecule has 5 N–H and O–H groups in total. The third-order valence-electron chi connectivity index (χ3n) is 4.49. The smallest absolute Gasteiger partial charge is 0.270 e. The van der Waals surface area contributed by atoms with Crippen LogP contribution in [0.2, 0.25) is 0 Å². The van der Waals surface area contributed by atoms with E-state index in [-0.39, 0.29) is 22.7 Å². The van der Waals surface area contributed by atoms with Crippen LogP contribution in [0.5, 0.6) is 0 Å². The van der Waals surface area contributed by atoms with Crippen LogP contribution in [0.25, 0.3) is 5.69 Å². The van der Waals surface area contributed by atoms with E-state index in [1.54, 1.807) is 30.5 Å². The lowest BCUT2D eigenvalue weighted by Gasteiger charge is -2.16. The summed E-state index contributed by atoms with van der Waals surface area (Å²) in [5.74, 6) is 0.100. The highest BCUT2D eigenvalue weighted by Crippen LogP contribution is 2.20. The number of sulfonamides is 1. The van der Waals surface area contributed by atoms with Gasteiger partial charge in [-0.25, -0.2) is 18.5 Å². The molecule has 0 saturated carbocycles. The summed E-state index contributed by atoms with van der Waals surface area (Å²) in [7, 11) is -3.79. The number of primary sulfonamides is 1. The second-order valence-electron chi connectivity index (χ2n) is 6.67. The van der Waals surface area contributed by atoms with Crippen LogP contribution >= 0.6 is 11.8 Å². The Morgan fingerprint density at radius 2 is 1.73 bits per heavy atom. The van der Waals surface area contributed by atoms with Crippen molar-refractivity contribution >= 4 is 27.6 Å². The molecule has 0 unspecified atom stereocenters. The van der Waals surface area contributed by atoms with Crippen molar-refractivity contribution in [3.63, 3.8) is 0 Å². The molecule has 0 spiro atoms. The van der Waals surface area contributed by atoms with E-state index in [1.807, 2.05) is 19.1 Å². The Labute approximate surface area is 178 Å². The maximum Gasteiger partial charge on any atom is 0.270 e. The summed E-state index contributed by atoms with van der Waals surface area (Å²) in [5.41, 5.74) is 7.68. The number of nitrogens with one attached hydrogen (secondary N) is 1. The van der Waals surface area contributed by atoms with Crippen molar-refractivity contribution in [3.8, 4) is 5.69 Å². The van der Waals surface area contributed by atoms with Crippen molar-refractivity contribution < 1.29 is 8.42 Å². The molecule has 2 aromatic carbocycles. The molecule has 0 bridgehead atoms. The number of benzene rings is 2. The summed E-state index contributed by atoms with van der Waals surface area (Å²) in [6.07, 6.45) is 2.02. The lowest BCUT2D eigenvalue weighted by molar-refractivity contribution is 0.598. The highest BCUT2D eigenvalue weighted by molar-refractivity contribution is 7.98. The van der Waals surface area contributed by atoms with Gasteiger partial charge in [0.1, 0.15) is 22.2 Å². The molecule has 0 aliphatic heterocycles. The molecule has 3 rings (SSSR count). The molecule has 30 heavy (non-hydrogen) atoms. The van der Waals surface area contributed by atoms with Gasteiger partial charge in [-0.3, -0.25) is 14.8 Å². The fraction of sp³-hybridized carbons (Fsp3) is 0.150. The maximum atomic E-state index is 13.3. The van der Waals surface area contributed by atoms with Gasteiger partial charge >= 0.3 is 0 Å². The van der Waals surface area contributed by atoms with Gasteiger partial charge in [0.05, 0.1) is 10.6 Å². The minimum absolute atomic E-state index is 0.00636. The normalized spacial score (nSPS) is 11.4. The molecule has 0 fully saturated rings. The van der Waals surface area contributed by atoms with Crippen molar-refractivity contribution in [2.24, 2.45) is 10.9 Å². The second kappa shape index (κ2) is 8.42. The summed E-state index contributed by atoms with van der Waals surface area (Å²) in [5, 5.41) is 13.4. The number of hydrogen-bond acceptors (Lipinski definition) is 6. The number of nitrogen functional groups attached to an aromatic ring is 1. The maximum absolute atomic E-state index is 13.3. The topological polar surface area (TPSA) is 145 Å². The third-order valence-corrected chi connectivity index (χ3v) is 6.10. The van der Waals surface area contributed by atoms with Crippen LogP contribution in [0.1, 0.15) is 22.5 Å². The standard InChI is InChI=1S/C20H21N5O3S2/c1-12-3-7-14(8-4-12)25-16(24-19(29-2)17(18(21)22)20(25)26)11-13-5-9-15(10-6-13)30(23,27)28/h3-10H,11H2,1-2H3,(H3,21,22)(H2,23,27,28). The minimum atomic E-state index is -3.79. The van der Waals surface area contributed by atoms with Gasteiger partial charge in [0, 0.05) is 6.42 Å². The van der Waals surface area contributed by atoms with Crippen LogP contribution in [0, 0.1) is 12.3 Å². The molecule has 1 aromatic heterocycles. The first kappa shape index (κ1) is 21.8. The van der Waals surface area contributed by atoms with E-state index in [2.05, 4.69) is 4.98 Å². The fourth-order valence-electron chi connectivity index (χ4n) is 2.98. The first-order chi connectivity index (χ1) is 14.1. The first-order valence-electron chi connectivity index (χ1n) is 8.85. The molecular weight excluding hydrogens is 422 g/mol. The van der Waals surface area contributed by atoms with Crippen molar-refractivity contribution in [2.75, 3.05) is 6.26 Å². The highest BCUT2D eigenvalue weighted by atomic mass is 32.2. The van der Waals surface area contributed by atoms with E-state index >= 15 is 0 Å². The van der Waals surface area contributed by atoms with Gasteiger partial charge in [0.15, 0.2) is 0 Å². The first-order valence-corrected chi connectivity index (χ1v) is 11.6.